The molecule has 0 saturated carbocycles. The standard InChI is InChI=1S/C31H31BrN4O4/c1-5-10-22-15-21(16-27(39-6-2)29(22)40-19-28(37)34-24-11-8-7-9-12-24)18-33-36-30(20(3)4)35-26-14-13-23(32)17-25(26)31(36)38/h5,7-9,11-18,20H,1,6,10,19H2,2-4H3,(H,34,37). The van der Waals surface area contributed by atoms with Crippen LogP contribution in [0.1, 0.15) is 43.6 Å². The van der Waals surface area contributed by atoms with E-state index in [1.54, 1.807) is 36.6 Å². The number of fused-ring (bicyclic) bond motifs is 1. The van der Waals surface area contributed by atoms with Crippen LogP contribution < -0.4 is 20.3 Å². The molecule has 0 unspecified atom stereocenters. The van der Waals surface area contributed by atoms with Gasteiger partial charge in [-0.15, -0.1) is 6.58 Å². The van der Waals surface area contributed by atoms with Crippen LogP contribution >= 0.6 is 15.9 Å². The molecule has 0 aliphatic carbocycles. The van der Waals surface area contributed by atoms with Crippen LogP contribution in [0.5, 0.6) is 11.5 Å². The van der Waals surface area contributed by atoms with Gasteiger partial charge in [-0.3, -0.25) is 9.59 Å². The van der Waals surface area contributed by atoms with E-state index >= 15 is 0 Å². The van der Waals surface area contributed by atoms with Gasteiger partial charge >= 0.3 is 0 Å². The van der Waals surface area contributed by atoms with Gasteiger partial charge in [-0.05, 0) is 61.4 Å². The van der Waals surface area contributed by atoms with Crippen LogP contribution in [0.15, 0.2) is 87.7 Å². The second-order valence-electron chi connectivity index (χ2n) is 9.28. The van der Waals surface area contributed by atoms with E-state index in [9.17, 15) is 9.59 Å². The van der Waals surface area contributed by atoms with Crippen LogP contribution in [0, 0.1) is 0 Å². The van der Waals surface area contributed by atoms with Gasteiger partial charge in [0.05, 0.1) is 23.7 Å². The third kappa shape index (κ3) is 6.84. The van der Waals surface area contributed by atoms with Crippen molar-refractivity contribution in [2.75, 3.05) is 18.5 Å². The Bertz CT molecular complexity index is 1610. The second kappa shape index (κ2) is 13.2. The number of allylic oxidation sites excluding steroid dienone is 1. The summed E-state index contributed by atoms with van der Waals surface area (Å²) in [7, 11) is 0. The summed E-state index contributed by atoms with van der Waals surface area (Å²) in [6.45, 7) is 9.85. The molecule has 4 rings (SSSR count). The topological polar surface area (TPSA) is 94.8 Å². The van der Waals surface area contributed by atoms with Crippen LogP contribution in [0.4, 0.5) is 5.69 Å². The van der Waals surface area contributed by atoms with Gasteiger partial charge in [0.25, 0.3) is 11.5 Å². The maximum Gasteiger partial charge on any atom is 0.282 e. The smallest absolute Gasteiger partial charge is 0.282 e. The molecule has 9 heteroatoms. The van der Waals surface area contributed by atoms with Crippen LogP contribution in [-0.4, -0.2) is 35.0 Å². The van der Waals surface area contributed by atoms with Gasteiger partial charge in [-0.25, -0.2) is 4.98 Å². The average molecular weight is 604 g/mol. The molecule has 40 heavy (non-hydrogen) atoms. The fourth-order valence-corrected chi connectivity index (χ4v) is 4.48. The first-order valence-electron chi connectivity index (χ1n) is 13.0. The Morgan fingerprint density at radius 1 is 1.15 bits per heavy atom. The van der Waals surface area contributed by atoms with Crippen molar-refractivity contribution >= 4 is 44.6 Å². The molecular formula is C31H31BrN4O4. The molecule has 3 aromatic carbocycles. The minimum absolute atomic E-state index is 0.0361. The number of ether oxygens (including phenoxy) is 2. The molecule has 0 aliphatic rings. The molecule has 0 radical (unpaired) electrons. The van der Waals surface area contributed by atoms with E-state index < -0.39 is 0 Å². The highest BCUT2D eigenvalue weighted by Crippen LogP contribution is 2.34. The lowest BCUT2D eigenvalue weighted by molar-refractivity contribution is -0.118. The van der Waals surface area contributed by atoms with Crippen LogP contribution in [0.2, 0.25) is 0 Å². The van der Waals surface area contributed by atoms with E-state index in [-0.39, 0.29) is 24.0 Å². The minimum Gasteiger partial charge on any atom is -0.490 e. The number of aromatic nitrogens is 2. The van der Waals surface area contributed by atoms with E-state index in [1.165, 1.54) is 4.68 Å². The Balaban J connectivity index is 1.68. The summed E-state index contributed by atoms with van der Waals surface area (Å²) in [5.41, 5.74) is 2.51. The molecular weight excluding hydrogens is 572 g/mol. The van der Waals surface area contributed by atoms with E-state index in [0.717, 1.165) is 10.0 Å². The summed E-state index contributed by atoms with van der Waals surface area (Å²) in [4.78, 5) is 30.6. The van der Waals surface area contributed by atoms with Gasteiger partial charge < -0.3 is 14.8 Å². The van der Waals surface area contributed by atoms with E-state index in [4.69, 9.17) is 14.5 Å². The normalized spacial score (nSPS) is 11.2. The third-order valence-electron chi connectivity index (χ3n) is 5.90. The Labute approximate surface area is 241 Å². The number of nitrogens with one attached hydrogen (secondary N) is 1. The number of nitrogens with zero attached hydrogens (tertiary/aromatic N) is 3. The summed E-state index contributed by atoms with van der Waals surface area (Å²) in [6, 6.07) is 18.3. The van der Waals surface area contributed by atoms with Crippen molar-refractivity contribution in [3.8, 4) is 11.5 Å². The number of hydrogen-bond donors (Lipinski definition) is 1. The van der Waals surface area contributed by atoms with Crippen molar-refractivity contribution in [2.24, 2.45) is 5.10 Å². The number of benzene rings is 3. The Morgan fingerprint density at radius 2 is 1.93 bits per heavy atom. The van der Waals surface area contributed by atoms with Gasteiger partial charge in [-0.1, -0.05) is 54.1 Å². The fourth-order valence-electron chi connectivity index (χ4n) is 4.12. The van der Waals surface area contributed by atoms with Crippen molar-refractivity contribution < 1.29 is 14.3 Å². The number of carbonyl (C=O) groups is 1. The first kappa shape index (κ1) is 28.8. The zero-order valence-corrected chi connectivity index (χ0v) is 24.3. The van der Waals surface area contributed by atoms with Crippen molar-refractivity contribution in [1.82, 2.24) is 9.66 Å². The zero-order chi connectivity index (χ0) is 28.6. The Hall–Kier alpha value is -4.24. The zero-order valence-electron chi connectivity index (χ0n) is 22.7. The van der Waals surface area contributed by atoms with E-state index in [0.29, 0.717) is 52.5 Å². The first-order valence-corrected chi connectivity index (χ1v) is 13.7. The molecule has 0 fully saturated rings. The fraction of sp³-hybridized carbons (Fsp3) is 0.226. The Morgan fingerprint density at radius 3 is 2.62 bits per heavy atom. The van der Waals surface area contributed by atoms with Gasteiger partial charge in [0.15, 0.2) is 18.1 Å². The lowest BCUT2D eigenvalue weighted by atomic mass is 10.1. The molecule has 1 aromatic heterocycles. The maximum absolute atomic E-state index is 13.4. The minimum atomic E-state index is -0.292. The van der Waals surface area contributed by atoms with Crippen molar-refractivity contribution in [1.29, 1.82) is 0 Å². The highest BCUT2D eigenvalue weighted by Gasteiger charge is 2.16. The molecule has 0 saturated heterocycles. The first-order chi connectivity index (χ1) is 19.3. The van der Waals surface area contributed by atoms with Crippen LogP contribution in [-0.2, 0) is 11.2 Å². The predicted octanol–water partition coefficient (Wildman–Crippen LogP) is 6.31. The van der Waals surface area contributed by atoms with Gasteiger partial charge in [0, 0.05) is 21.6 Å². The van der Waals surface area contributed by atoms with Gasteiger partial charge in [0.1, 0.15) is 5.82 Å². The number of carbonyl (C=O) groups excluding carboxylic acids is 1. The average Bonchev–Trinajstić information content (AvgIpc) is 2.93. The molecule has 4 aromatic rings. The lowest BCUT2D eigenvalue weighted by Crippen LogP contribution is -2.23. The summed E-state index contributed by atoms with van der Waals surface area (Å²) in [5, 5.41) is 7.83. The highest BCUT2D eigenvalue weighted by atomic mass is 79.9. The molecule has 0 aliphatic heterocycles. The molecule has 8 nitrogen and oxygen atoms in total. The number of amides is 1. The summed E-state index contributed by atoms with van der Waals surface area (Å²) < 4.78 is 14.0. The number of para-hydroxylation sites is 1. The van der Waals surface area contributed by atoms with E-state index in [1.807, 2.05) is 57.2 Å². The molecule has 1 N–H and O–H groups in total. The summed E-state index contributed by atoms with van der Waals surface area (Å²) in [5.74, 6) is 1.15. The number of anilines is 1. The molecule has 1 heterocycles. The monoisotopic (exact) mass is 602 g/mol. The van der Waals surface area contributed by atoms with Crippen molar-refractivity contribution in [3.05, 3.63) is 105 Å². The van der Waals surface area contributed by atoms with Crippen molar-refractivity contribution in [3.63, 3.8) is 0 Å². The predicted molar refractivity (Wildman–Crippen MR) is 163 cm³/mol. The number of halogens is 1. The third-order valence-corrected chi connectivity index (χ3v) is 6.39. The van der Waals surface area contributed by atoms with Crippen LogP contribution in [0.3, 0.4) is 0 Å². The number of hydrogen-bond acceptors (Lipinski definition) is 6. The van der Waals surface area contributed by atoms with Gasteiger partial charge in [0.2, 0.25) is 0 Å². The second-order valence-corrected chi connectivity index (χ2v) is 10.2. The molecule has 1 amide bonds. The molecule has 206 valence electrons. The van der Waals surface area contributed by atoms with Crippen molar-refractivity contribution in [2.45, 2.75) is 33.1 Å². The SMILES string of the molecule is C=CCc1cc(C=Nn2c(C(C)C)nc3ccc(Br)cc3c2=O)cc(OCC)c1OCC(=O)Nc1ccccc1. The van der Waals surface area contributed by atoms with Gasteiger partial charge in [-0.2, -0.15) is 9.78 Å². The summed E-state index contributed by atoms with van der Waals surface area (Å²) >= 11 is 3.43. The summed E-state index contributed by atoms with van der Waals surface area (Å²) in [6.07, 6.45) is 3.81. The molecule has 0 bridgehead atoms. The molecule has 0 atom stereocenters. The highest BCUT2D eigenvalue weighted by molar-refractivity contribution is 9.10. The quantitative estimate of drug-likeness (QED) is 0.160. The Kier molecular flexibility index (Phi) is 9.50. The maximum atomic E-state index is 13.4. The van der Waals surface area contributed by atoms with Crippen LogP contribution in [0.25, 0.3) is 10.9 Å². The largest absolute Gasteiger partial charge is 0.490 e. The number of rotatable bonds is 11. The van der Waals surface area contributed by atoms with E-state index in [2.05, 4.69) is 32.9 Å². The molecule has 0 spiro atoms. The lowest BCUT2D eigenvalue weighted by Gasteiger charge is -2.17.